The summed E-state index contributed by atoms with van der Waals surface area (Å²) in [4.78, 5) is 30.4. The van der Waals surface area contributed by atoms with Crippen LogP contribution < -0.4 is 10.6 Å². The standard InChI is InChI=1S/C28H31F5N6O3/c1-26(8-9-26)23-19(14-42-38-23)25(41)36-22(15-4-6-27(29,30)7-5-15)20-13-39-21(35-20)3-2-18(37-39)11-16-10-17(28(31,32)33)12-34-24(16)40/h2-3,13-17,22H,4-12H2,1H3,(H,34,40)(H,36,41)/t16?,17-,22?/m1/s1. The summed E-state index contributed by atoms with van der Waals surface area (Å²) < 4.78 is 74.4. The van der Waals surface area contributed by atoms with Crippen molar-refractivity contribution in [2.75, 3.05) is 6.54 Å². The number of rotatable bonds is 7. The first kappa shape index (κ1) is 28.5. The number of nitrogens with one attached hydrogen (secondary N) is 2. The Kier molecular flexibility index (Phi) is 7.00. The second-order valence-electron chi connectivity index (χ2n) is 12.2. The minimum absolute atomic E-state index is 0.00870. The molecule has 1 saturated heterocycles. The topological polar surface area (TPSA) is 114 Å². The number of hydrogen-bond acceptors (Lipinski definition) is 6. The summed E-state index contributed by atoms with van der Waals surface area (Å²) in [5.41, 5.74) is 1.86. The molecule has 2 aliphatic carbocycles. The second-order valence-corrected chi connectivity index (χ2v) is 12.2. The van der Waals surface area contributed by atoms with Gasteiger partial charge in [-0.1, -0.05) is 12.1 Å². The van der Waals surface area contributed by atoms with E-state index >= 15 is 0 Å². The Labute approximate surface area is 237 Å². The highest BCUT2D eigenvalue weighted by molar-refractivity contribution is 5.95. The third kappa shape index (κ3) is 5.71. The van der Waals surface area contributed by atoms with E-state index in [1.807, 2.05) is 6.92 Å². The van der Waals surface area contributed by atoms with Crippen molar-refractivity contribution in [1.82, 2.24) is 30.4 Å². The SMILES string of the molecule is CC1(c2nocc2C(=O)NC(c2cn3nc(CC4C[C@@H](C(F)(F)F)CNC4=O)ccc3n2)C2CCC(F)(F)CC2)CC1. The van der Waals surface area contributed by atoms with Gasteiger partial charge < -0.3 is 15.2 Å². The van der Waals surface area contributed by atoms with Gasteiger partial charge in [0.25, 0.3) is 5.91 Å². The number of alkyl halides is 5. The molecule has 2 amide bonds. The van der Waals surface area contributed by atoms with Crippen molar-refractivity contribution in [3.8, 4) is 0 Å². The molecule has 2 N–H and O–H groups in total. The Bertz CT molecular complexity index is 1490. The van der Waals surface area contributed by atoms with Gasteiger partial charge >= 0.3 is 6.18 Å². The average molecular weight is 595 g/mol. The van der Waals surface area contributed by atoms with E-state index in [4.69, 9.17) is 4.52 Å². The van der Waals surface area contributed by atoms with E-state index in [2.05, 4.69) is 25.9 Å². The summed E-state index contributed by atoms with van der Waals surface area (Å²) >= 11 is 0. The predicted molar refractivity (Wildman–Crippen MR) is 138 cm³/mol. The summed E-state index contributed by atoms with van der Waals surface area (Å²) in [6.07, 6.45) is -0.349. The molecule has 14 heteroatoms. The number of halogens is 5. The van der Waals surface area contributed by atoms with Gasteiger partial charge in [0.15, 0.2) is 5.65 Å². The molecule has 0 bridgehead atoms. The molecule has 0 radical (unpaired) electrons. The molecule has 3 aromatic rings. The molecule has 2 unspecified atom stereocenters. The van der Waals surface area contributed by atoms with E-state index in [-0.39, 0.29) is 49.9 Å². The quantitative estimate of drug-likeness (QED) is 0.376. The number of hydrogen-bond donors (Lipinski definition) is 2. The summed E-state index contributed by atoms with van der Waals surface area (Å²) in [5.74, 6) is -6.48. The average Bonchev–Trinajstić information content (AvgIpc) is 3.31. The molecule has 1 aliphatic heterocycles. The molecule has 6 rings (SSSR count). The van der Waals surface area contributed by atoms with Gasteiger partial charge in [-0.25, -0.2) is 18.3 Å². The molecule has 3 aromatic heterocycles. The minimum Gasteiger partial charge on any atom is -0.364 e. The van der Waals surface area contributed by atoms with Crippen LogP contribution in [0.2, 0.25) is 0 Å². The fourth-order valence-corrected chi connectivity index (χ4v) is 6.08. The van der Waals surface area contributed by atoms with Crippen molar-refractivity contribution in [2.45, 2.75) is 81.8 Å². The number of imidazole rings is 1. The van der Waals surface area contributed by atoms with Gasteiger partial charge in [-0.15, -0.1) is 0 Å². The molecule has 9 nitrogen and oxygen atoms in total. The zero-order chi connectivity index (χ0) is 29.9. The highest BCUT2D eigenvalue weighted by Crippen LogP contribution is 2.48. The summed E-state index contributed by atoms with van der Waals surface area (Å²) in [5, 5.41) is 13.9. The third-order valence-corrected chi connectivity index (χ3v) is 9.00. The van der Waals surface area contributed by atoms with Crippen LogP contribution in [-0.4, -0.2) is 50.2 Å². The maximum absolute atomic E-state index is 14.0. The lowest BCUT2D eigenvalue weighted by Gasteiger charge is -2.33. The van der Waals surface area contributed by atoms with Crippen LogP contribution in [0.3, 0.4) is 0 Å². The Hall–Kier alpha value is -3.58. The molecular weight excluding hydrogens is 563 g/mol. The maximum Gasteiger partial charge on any atom is 0.393 e. The van der Waals surface area contributed by atoms with Gasteiger partial charge in [0.1, 0.15) is 17.5 Å². The lowest BCUT2D eigenvalue weighted by molar-refractivity contribution is -0.183. The molecule has 3 aliphatic rings. The molecule has 0 aromatic carbocycles. The zero-order valence-corrected chi connectivity index (χ0v) is 22.9. The predicted octanol–water partition coefficient (Wildman–Crippen LogP) is 4.92. The van der Waals surface area contributed by atoms with Crippen LogP contribution in [0.15, 0.2) is 29.1 Å². The number of piperidine rings is 1. The normalized spacial score (nSPS) is 24.8. The zero-order valence-electron chi connectivity index (χ0n) is 22.9. The fraction of sp³-hybridized carbons (Fsp3) is 0.607. The maximum atomic E-state index is 14.0. The molecule has 4 heterocycles. The number of amides is 2. The van der Waals surface area contributed by atoms with Gasteiger partial charge in [-0.2, -0.15) is 18.3 Å². The van der Waals surface area contributed by atoms with Crippen LogP contribution in [0.25, 0.3) is 5.65 Å². The van der Waals surface area contributed by atoms with Crippen LogP contribution in [0.1, 0.15) is 85.4 Å². The Morgan fingerprint density at radius 3 is 2.64 bits per heavy atom. The lowest BCUT2D eigenvalue weighted by atomic mass is 9.81. The van der Waals surface area contributed by atoms with Crippen LogP contribution in [-0.2, 0) is 16.6 Å². The van der Waals surface area contributed by atoms with Crippen molar-refractivity contribution in [3.63, 3.8) is 0 Å². The smallest absolute Gasteiger partial charge is 0.364 e. The summed E-state index contributed by atoms with van der Waals surface area (Å²) in [6.45, 7) is 1.56. The van der Waals surface area contributed by atoms with Crippen molar-refractivity contribution in [3.05, 3.63) is 47.2 Å². The van der Waals surface area contributed by atoms with Crippen LogP contribution in [0, 0.1) is 17.8 Å². The van der Waals surface area contributed by atoms with Crippen molar-refractivity contribution in [1.29, 1.82) is 0 Å². The number of aromatic nitrogens is 4. The number of fused-ring (bicyclic) bond motifs is 1. The number of nitrogens with zero attached hydrogens (tertiary/aromatic N) is 4. The van der Waals surface area contributed by atoms with Gasteiger partial charge in [0, 0.05) is 37.1 Å². The minimum atomic E-state index is -4.41. The Morgan fingerprint density at radius 1 is 1.21 bits per heavy atom. The van der Waals surface area contributed by atoms with E-state index in [9.17, 15) is 31.5 Å². The fourth-order valence-electron chi connectivity index (χ4n) is 6.08. The Morgan fingerprint density at radius 2 is 1.95 bits per heavy atom. The molecule has 42 heavy (non-hydrogen) atoms. The molecule has 3 fully saturated rings. The monoisotopic (exact) mass is 594 g/mol. The summed E-state index contributed by atoms with van der Waals surface area (Å²) in [7, 11) is 0. The van der Waals surface area contributed by atoms with E-state index < -0.39 is 48.3 Å². The van der Waals surface area contributed by atoms with Crippen LogP contribution in [0.5, 0.6) is 0 Å². The van der Waals surface area contributed by atoms with Gasteiger partial charge in [-0.3, -0.25) is 9.59 Å². The molecule has 2 saturated carbocycles. The molecular formula is C28H31F5N6O3. The highest BCUT2D eigenvalue weighted by atomic mass is 19.4. The van der Waals surface area contributed by atoms with Crippen molar-refractivity contribution >= 4 is 17.5 Å². The van der Waals surface area contributed by atoms with Crippen molar-refractivity contribution in [2.24, 2.45) is 17.8 Å². The first-order chi connectivity index (χ1) is 19.8. The highest BCUT2D eigenvalue weighted by Gasteiger charge is 2.46. The van der Waals surface area contributed by atoms with E-state index in [0.717, 1.165) is 12.8 Å². The second kappa shape index (κ2) is 10.3. The largest absolute Gasteiger partial charge is 0.393 e. The van der Waals surface area contributed by atoms with Gasteiger partial charge in [-0.05, 0) is 50.2 Å². The first-order valence-corrected chi connectivity index (χ1v) is 14.1. The van der Waals surface area contributed by atoms with Gasteiger partial charge in [0.05, 0.1) is 29.5 Å². The first-order valence-electron chi connectivity index (χ1n) is 14.1. The molecule has 226 valence electrons. The third-order valence-electron chi connectivity index (χ3n) is 9.00. The number of carbonyl (C=O) groups excluding carboxylic acids is 2. The Balaban J connectivity index is 1.25. The van der Waals surface area contributed by atoms with E-state index in [0.29, 0.717) is 28.3 Å². The summed E-state index contributed by atoms with van der Waals surface area (Å²) in [6, 6.07) is 2.53. The molecule has 0 spiro atoms. The molecule has 3 atom stereocenters. The van der Waals surface area contributed by atoms with Crippen LogP contribution in [0.4, 0.5) is 22.0 Å². The van der Waals surface area contributed by atoms with E-state index in [1.54, 1.807) is 18.3 Å². The van der Waals surface area contributed by atoms with Gasteiger partial charge in [0.2, 0.25) is 11.8 Å². The lowest BCUT2D eigenvalue weighted by Crippen LogP contribution is -2.47. The number of carbonyl (C=O) groups is 2. The van der Waals surface area contributed by atoms with Crippen LogP contribution >= 0.6 is 0 Å². The van der Waals surface area contributed by atoms with Crippen molar-refractivity contribution < 1.29 is 36.1 Å². The van der Waals surface area contributed by atoms with E-state index in [1.165, 1.54) is 10.8 Å².